The van der Waals surface area contributed by atoms with Gasteiger partial charge in [-0.2, -0.15) is 0 Å². The topological polar surface area (TPSA) is 64.4 Å². The summed E-state index contributed by atoms with van der Waals surface area (Å²) >= 11 is 0. The summed E-state index contributed by atoms with van der Waals surface area (Å²) in [5.74, 6) is 1.29. The molecule has 3 rings (SSSR count). The van der Waals surface area contributed by atoms with Crippen LogP contribution in [-0.4, -0.2) is 24.6 Å². The molecule has 0 unspecified atom stereocenters. The molecule has 0 aliphatic carbocycles. The van der Waals surface area contributed by atoms with Crippen LogP contribution in [0.3, 0.4) is 0 Å². The molecule has 1 saturated heterocycles. The van der Waals surface area contributed by atoms with Crippen molar-refractivity contribution in [3.05, 3.63) is 46.5 Å². The molecule has 5 nitrogen and oxygen atoms in total. The number of nitrogens with one attached hydrogen (secondary N) is 1. The Bertz CT molecular complexity index is 651. The van der Waals surface area contributed by atoms with Gasteiger partial charge in [0.1, 0.15) is 5.75 Å². The second-order valence-electron chi connectivity index (χ2n) is 5.39. The molecular weight excluding hydrogens is 268 g/mol. The largest absolute Gasteiger partial charge is 0.493 e. The minimum absolute atomic E-state index is 0.125. The second-order valence-corrected chi connectivity index (χ2v) is 5.39. The molecule has 0 amide bonds. The van der Waals surface area contributed by atoms with Gasteiger partial charge in [-0.15, -0.1) is 0 Å². The molecule has 1 heterocycles. The quantitative estimate of drug-likeness (QED) is 0.692. The monoisotopic (exact) mass is 286 g/mol. The summed E-state index contributed by atoms with van der Waals surface area (Å²) < 4.78 is 5.94. The van der Waals surface area contributed by atoms with Gasteiger partial charge in [-0.1, -0.05) is 18.2 Å². The fourth-order valence-corrected chi connectivity index (χ4v) is 2.80. The van der Waals surface area contributed by atoms with Crippen molar-refractivity contribution in [1.29, 1.82) is 0 Å². The number of fused-ring (bicyclic) bond motifs is 1. The fourth-order valence-electron chi connectivity index (χ4n) is 2.80. The highest BCUT2D eigenvalue weighted by Gasteiger charge is 2.17. The van der Waals surface area contributed by atoms with E-state index in [9.17, 15) is 10.1 Å². The first-order chi connectivity index (χ1) is 10.3. The molecule has 0 bridgehead atoms. The minimum atomic E-state index is -0.348. The maximum absolute atomic E-state index is 11.1. The molecule has 0 aromatic heterocycles. The van der Waals surface area contributed by atoms with E-state index in [0.29, 0.717) is 17.9 Å². The van der Waals surface area contributed by atoms with Crippen molar-refractivity contribution in [1.82, 2.24) is 5.32 Å². The van der Waals surface area contributed by atoms with Gasteiger partial charge in [-0.05, 0) is 44.0 Å². The number of nitrogens with zero attached hydrogens (tertiary/aromatic N) is 1. The van der Waals surface area contributed by atoms with Crippen molar-refractivity contribution in [2.75, 3.05) is 19.7 Å². The first kappa shape index (κ1) is 13.8. The van der Waals surface area contributed by atoms with Crippen molar-refractivity contribution >= 4 is 16.5 Å². The van der Waals surface area contributed by atoms with Crippen molar-refractivity contribution in [2.45, 2.75) is 12.8 Å². The predicted octanol–water partition coefficient (Wildman–Crippen LogP) is 3.13. The summed E-state index contributed by atoms with van der Waals surface area (Å²) in [6.07, 6.45) is 2.23. The van der Waals surface area contributed by atoms with E-state index in [-0.39, 0.29) is 10.6 Å². The molecular formula is C16H18N2O3. The molecule has 0 spiro atoms. The van der Waals surface area contributed by atoms with Gasteiger partial charge in [-0.25, -0.2) is 0 Å². The minimum Gasteiger partial charge on any atom is -0.493 e. The molecule has 21 heavy (non-hydrogen) atoms. The van der Waals surface area contributed by atoms with Crippen LogP contribution in [0, 0.1) is 16.0 Å². The van der Waals surface area contributed by atoms with Crippen molar-refractivity contribution < 1.29 is 9.66 Å². The summed E-state index contributed by atoms with van der Waals surface area (Å²) in [6, 6.07) is 10.6. The summed E-state index contributed by atoms with van der Waals surface area (Å²) in [5, 5.41) is 15.9. The molecule has 0 atom stereocenters. The van der Waals surface area contributed by atoms with Crippen LogP contribution < -0.4 is 10.1 Å². The Labute approximate surface area is 123 Å². The number of hydrogen-bond acceptors (Lipinski definition) is 4. The smallest absolute Gasteiger partial charge is 0.277 e. The van der Waals surface area contributed by atoms with Crippen LogP contribution in [0.2, 0.25) is 0 Å². The Kier molecular flexibility index (Phi) is 4.01. The Balaban J connectivity index is 1.85. The highest BCUT2D eigenvalue weighted by atomic mass is 16.6. The van der Waals surface area contributed by atoms with E-state index in [1.165, 1.54) is 6.07 Å². The summed E-state index contributed by atoms with van der Waals surface area (Å²) in [6.45, 7) is 2.74. The van der Waals surface area contributed by atoms with E-state index in [2.05, 4.69) is 5.32 Å². The molecule has 2 aromatic rings. The number of benzene rings is 2. The SMILES string of the molecule is O=[N+]([O-])c1ccc(OCC2CCNCC2)c2ccccc12. The van der Waals surface area contributed by atoms with Gasteiger partial charge in [0.25, 0.3) is 5.69 Å². The van der Waals surface area contributed by atoms with Crippen LogP contribution in [0.25, 0.3) is 10.8 Å². The maximum Gasteiger partial charge on any atom is 0.277 e. The number of piperidine rings is 1. The van der Waals surface area contributed by atoms with Gasteiger partial charge in [0.15, 0.2) is 0 Å². The molecule has 1 aliphatic rings. The van der Waals surface area contributed by atoms with Gasteiger partial charge in [0.05, 0.1) is 16.9 Å². The lowest BCUT2D eigenvalue weighted by atomic mass is 9.99. The summed E-state index contributed by atoms with van der Waals surface area (Å²) in [5.41, 5.74) is 0.125. The number of hydrogen-bond donors (Lipinski definition) is 1. The van der Waals surface area contributed by atoms with Gasteiger partial charge < -0.3 is 10.1 Å². The Hall–Kier alpha value is -2.14. The Morgan fingerprint density at radius 1 is 1.14 bits per heavy atom. The van der Waals surface area contributed by atoms with E-state index in [1.807, 2.05) is 18.2 Å². The molecule has 5 heteroatoms. The molecule has 2 aromatic carbocycles. The van der Waals surface area contributed by atoms with Crippen LogP contribution >= 0.6 is 0 Å². The Morgan fingerprint density at radius 3 is 2.57 bits per heavy atom. The van der Waals surface area contributed by atoms with Gasteiger partial charge in [0.2, 0.25) is 0 Å². The average molecular weight is 286 g/mol. The lowest BCUT2D eigenvalue weighted by molar-refractivity contribution is -0.383. The number of ether oxygens (including phenoxy) is 1. The molecule has 0 radical (unpaired) electrons. The maximum atomic E-state index is 11.1. The van der Waals surface area contributed by atoms with E-state index in [1.54, 1.807) is 12.1 Å². The predicted molar refractivity (Wildman–Crippen MR) is 81.7 cm³/mol. The Morgan fingerprint density at radius 2 is 1.86 bits per heavy atom. The van der Waals surface area contributed by atoms with Gasteiger partial charge in [-0.3, -0.25) is 10.1 Å². The highest BCUT2D eigenvalue weighted by molar-refractivity contribution is 5.95. The lowest BCUT2D eigenvalue weighted by Gasteiger charge is -2.23. The van der Waals surface area contributed by atoms with Crippen LogP contribution in [0.15, 0.2) is 36.4 Å². The number of non-ortho nitro benzene ring substituents is 1. The molecule has 0 saturated carbocycles. The number of nitro groups is 1. The molecule has 1 N–H and O–H groups in total. The molecule has 1 aliphatic heterocycles. The van der Waals surface area contributed by atoms with E-state index in [0.717, 1.165) is 37.1 Å². The lowest BCUT2D eigenvalue weighted by Crippen LogP contribution is -2.30. The highest BCUT2D eigenvalue weighted by Crippen LogP contribution is 2.33. The second kappa shape index (κ2) is 6.10. The normalized spacial score (nSPS) is 16.0. The number of rotatable bonds is 4. The zero-order chi connectivity index (χ0) is 14.7. The number of nitro benzene ring substituents is 1. The fraction of sp³-hybridized carbons (Fsp3) is 0.375. The summed E-state index contributed by atoms with van der Waals surface area (Å²) in [7, 11) is 0. The third kappa shape index (κ3) is 2.97. The third-order valence-corrected chi connectivity index (χ3v) is 3.99. The van der Waals surface area contributed by atoms with Gasteiger partial charge in [0, 0.05) is 11.5 Å². The zero-order valence-electron chi connectivity index (χ0n) is 11.7. The van der Waals surface area contributed by atoms with Crippen molar-refractivity contribution in [2.24, 2.45) is 5.92 Å². The van der Waals surface area contributed by atoms with E-state index >= 15 is 0 Å². The van der Waals surface area contributed by atoms with Crippen molar-refractivity contribution in [3.8, 4) is 5.75 Å². The molecule has 1 fully saturated rings. The van der Waals surface area contributed by atoms with Crippen LogP contribution in [0.4, 0.5) is 5.69 Å². The first-order valence-electron chi connectivity index (χ1n) is 7.25. The first-order valence-corrected chi connectivity index (χ1v) is 7.25. The summed E-state index contributed by atoms with van der Waals surface area (Å²) in [4.78, 5) is 10.7. The van der Waals surface area contributed by atoms with Gasteiger partial charge >= 0.3 is 0 Å². The van der Waals surface area contributed by atoms with Crippen molar-refractivity contribution in [3.63, 3.8) is 0 Å². The zero-order valence-corrected chi connectivity index (χ0v) is 11.7. The van der Waals surface area contributed by atoms with Crippen LogP contribution in [0.5, 0.6) is 5.75 Å². The van der Waals surface area contributed by atoms with Crippen LogP contribution in [-0.2, 0) is 0 Å². The third-order valence-electron chi connectivity index (χ3n) is 3.99. The van der Waals surface area contributed by atoms with Crippen LogP contribution in [0.1, 0.15) is 12.8 Å². The standard InChI is InChI=1S/C16H18N2O3/c19-18(20)15-5-6-16(14-4-2-1-3-13(14)15)21-11-12-7-9-17-10-8-12/h1-6,12,17H,7-11H2. The van der Waals surface area contributed by atoms with E-state index in [4.69, 9.17) is 4.74 Å². The average Bonchev–Trinajstić information content (AvgIpc) is 2.53. The molecule has 110 valence electrons. The van der Waals surface area contributed by atoms with E-state index < -0.39 is 0 Å².